The molecule has 0 aliphatic heterocycles. The predicted molar refractivity (Wildman–Crippen MR) is 59.7 cm³/mol. The van der Waals surface area contributed by atoms with Gasteiger partial charge in [0.15, 0.2) is 0 Å². The minimum atomic E-state index is -0.290. The van der Waals surface area contributed by atoms with Gasteiger partial charge in [-0.2, -0.15) is 0 Å². The molecule has 0 unspecified atom stereocenters. The SMILES string of the molecule is CC(C)[C@@H](CO)/N=C/c1ccccc1F. The predicted octanol–water partition coefficient (Wildman–Crippen LogP) is 2.26. The van der Waals surface area contributed by atoms with Gasteiger partial charge in [-0.1, -0.05) is 32.0 Å². The summed E-state index contributed by atoms with van der Waals surface area (Å²) in [4.78, 5) is 4.16. The molecule has 1 rings (SSSR count). The maximum atomic E-state index is 13.2. The summed E-state index contributed by atoms with van der Waals surface area (Å²) in [6.45, 7) is 3.93. The lowest BCUT2D eigenvalue weighted by atomic mass is 10.1. The van der Waals surface area contributed by atoms with Crippen LogP contribution in [0.5, 0.6) is 0 Å². The highest BCUT2D eigenvalue weighted by Gasteiger charge is 2.09. The Kier molecular flexibility index (Phi) is 4.43. The molecule has 1 N–H and O–H groups in total. The largest absolute Gasteiger partial charge is 0.394 e. The summed E-state index contributed by atoms with van der Waals surface area (Å²) in [7, 11) is 0. The molecule has 0 saturated heterocycles. The highest BCUT2D eigenvalue weighted by Crippen LogP contribution is 2.07. The number of aliphatic hydroxyl groups excluding tert-OH is 1. The fourth-order valence-corrected chi connectivity index (χ4v) is 1.19. The van der Waals surface area contributed by atoms with Gasteiger partial charge in [-0.05, 0) is 12.0 Å². The average Bonchev–Trinajstić information content (AvgIpc) is 2.21. The highest BCUT2D eigenvalue weighted by atomic mass is 19.1. The van der Waals surface area contributed by atoms with Gasteiger partial charge in [0.2, 0.25) is 0 Å². The number of hydrogen-bond donors (Lipinski definition) is 1. The summed E-state index contributed by atoms with van der Waals surface area (Å²) >= 11 is 0. The van der Waals surface area contributed by atoms with E-state index in [9.17, 15) is 4.39 Å². The second kappa shape index (κ2) is 5.61. The maximum Gasteiger partial charge on any atom is 0.131 e. The minimum absolute atomic E-state index is 0.0113. The molecule has 3 heteroatoms. The van der Waals surface area contributed by atoms with Crippen molar-refractivity contribution in [1.82, 2.24) is 0 Å². The number of nitrogens with zero attached hydrogens (tertiary/aromatic N) is 1. The van der Waals surface area contributed by atoms with Crippen molar-refractivity contribution in [3.8, 4) is 0 Å². The fraction of sp³-hybridized carbons (Fsp3) is 0.417. The molecule has 2 nitrogen and oxygen atoms in total. The number of rotatable bonds is 4. The van der Waals surface area contributed by atoms with E-state index < -0.39 is 0 Å². The summed E-state index contributed by atoms with van der Waals surface area (Å²) < 4.78 is 13.2. The van der Waals surface area contributed by atoms with Gasteiger partial charge in [-0.3, -0.25) is 4.99 Å². The van der Waals surface area contributed by atoms with Crippen LogP contribution in [0.1, 0.15) is 19.4 Å². The Balaban J connectivity index is 2.76. The van der Waals surface area contributed by atoms with Crippen molar-refractivity contribution in [3.05, 3.63) is 35.6 Å². The third-order valence-corrected chi connectivity index (χ3v) is 2.27. The first kappa shape index (κ1) is 11.9. The first-order valence-corrected chi connectivity index (χ1v) is 5.03. The zero-order valence-corrected chi connectivity index (χ0v) is 9.02. The van der Waals surface area contributed by atoms with Crippen molar-refractivity contribution < 1.29 is 9.50 Å². The molecule has 82 valence electrons. The van der Waals surface area contributed by atoms with Crippen molar-refractivity contribution in [3.63, 3.8) is 0 Å². The second-order valence-electron chi connectivity index (χ2n) is 3.79. The molecule has 0 heterocycles. The van der Waals surface area contributed by atoms with E-state index >= 15 is 0 Å². The average molecular weight is 209 g/mol. The van der Waals surface area contributed by atoms with Crippen LogP contribution in [0, 0.1) is 11.7 Å². The Bertz CT molecular complexity index is 336. The van der Waals surface area contributed by atoms with E-state index in [0.29, 0.717) is 5.56 Å². The number of hydrogen-bond acceptors (Lipinski definition) is 2. The third-order valence-electron chi connectivity index (χ3n) is 2.27. The van der Waals surface area contributed by atoms with Gasteiger partial charge in [0.05, 0.1) is 12.6 Å². The molecule has 1 aromatic carbocycles. The first-order chi connectivity index (χ1) is 7.15. The van der Waals surface area contributed by atoms with Crippen LogP contribution in [-0.4, -0.2) is 24.0 Å². The van der Waals surface area contributed by atoms with Gasteiger partial charge in [-0.15, -0.1) is 0 Å². The van der Waals surface area contributed by atoms with Crippen LogP contribution >= 0.6 is 0 Å². The molecule has 0 amide bonds. The number of halogens is 1. The fourth-order valence-electron chi connectivity index (χ4n) is 1.19. The lowest BCUT2D eigenvalue weighted by molar-refractivity contribution is 0.240. The lowest BCUT2D eigenvalue weighted by Crippen LogP contribution is -2.17. The molecule has 0 aliphatic carbocycles. The van der Waals surface area contributed by atoms with Gasteiger partial charge < -0.3 is 5.11 Å². The minimum Gasteiger partial charge on any atom is -0.394 e. The van der Waals surface area contributed by atoms with Crippen LogP contribution in [-0.2, 0) is 0 Å². The van der Waals surface area contributed by atoms with E-state index in [2.05, 4.69) is 4.99 Å². The Morgan fingerprint density at radius 3 is 2.60 bits per heavy atom. The Morgan fingerprint density at radius 2 is 2.07 bits per heavy atom. The van der Waals surface area contributed by atoms with Crippen LogP contribution in [0.2, 0.25) is 0 Å². The molecule has 1 atom stereocenters. The van der Waals surface area contributed by atoms with Gasteiger partial charge in [0.1, 0.15) is 5.82 Å². The van der Waals surface area contributed by atoms with Crippen LogP contribution < -0.4 is 0 Å². The van der Waals surface area contributed by atoms with Gasteiger partial charge in [0.25, 0.3) is 0 Å². The van der Waals surface area contributed by atoms with Gasteiger partial charge >= 0.3 is 0 Å². The van der Waals surface area contributed by atoms with Crippen LogP contribution in [0.4, 0.5) is 4.39 Å². The van der Waals surface area contributed by atoms with E-state index in [1.165, 1.54) is 12.3 Å². The normalized spacial score (nSPS) is 13.7. The molecule has 0 aliphatic rings. The zero-order valence-electron chi connectivity index (χ0n) is 9.02. The number of benzene rings is 1. The molecule has 0 fully saturated rings. The van der Waals surface area contributed by atoms with E-state index in [-0.39, 0.29) is 24.4 Å². The van der Waals surface area contributed by atoms with Crippen LogP contribution in [0.25, 0.3) is 0 Å². The summed E-state index contributed by atoms with van der Waals surface area (Å²) in [5, 5.41) is 9.04. The molecule has 0 spiro atoms. The van der Waals surface area contributed by atoms with Crippen molar-refractivity contribution in [2.45, 2.75) is 19.9 Å². The van der Waals surface area contributed by atoms with Crippen molar-refractivity contribution in [1.29, 1.82) is 0 Å². The molecule has 0 aromatic heterocycles. The summed E-state index contributed by atoms with van der Waals surface area (Å²) in [5.41, 5.74) is 0.455. The molecule has 1 aromatic rings. The highest BCUT2D eigenvalue weighted by molar-refractivity contribution is 5.79. The Morgan fingerprint density at radius 1 is 1.40 bits per heavy atom. The van der Waals surface area contributed by atoms with Gasteiger partial charge in [0, 0.05) is 11.8 Å². The molecule has 0 radical (unpaired) electrons. The Labute approximate surface area is 89.5 Å². The molecule has 0 bridgehead atoms. The summed E-state index contributed by atoms with van der Waals surface area (Å²) in [6, 6.07) is 6.29. The topological polar surface area (TPSA) is 32.6 Å². The van der Waals surface area contributed by atoms with Crippen LogP contribution in [0.3, 0.4) is 0 Å². The van der Waals surface area contributed by atoms with Crippen molar-refractivity contribution in [2.24, 2.45) is 10.9 Å². The van der Waals surface area contributed by atoms with E-state index in [1.54, 1.807) is 18.2 Å². The third kappa shape index (κ3) is 3.44. The monoisotopic (exact) mass is 209 g/mol. The zero-order chi connectivity index (χ0) is 11.3. The van der Waals surface area contributed by atoms with E-state index in [1.807, 2.05) is 13.8 Å². The maximum absolute atomic E-state index is 13.2. The molecule has 15 heavy (non-hydrogen) atoms. The quantitative estimate of drug-likeness (QED) is 0.758. The standard InChI is InChI=1S/C12H16FNO/c1-9(2)12(8-15)14-7-10-5-3-4-6-11(10)13/h3-7,9,12,15H,8H2,1-2H3/b14-7+/t12-/m1/s1. The van der Waals surface area contributed by atoms with Crippen molar-refractivity contribution in [2.75, 3.05) is 6.61 Å². The molecular weight excluding hydrogens is 193 g/mol. The van der Waals surface area contributed by atoms with E-state index in [4.69, 9.17) is 5.11 Å². The lowest BCUT2D eigenvalue weighted by Gasteiger charge is -2.12. The molecular formula is C12H16FNO. The Hall–Kier alpha value is -1.22. The number of aliphatic imine (C=N–C) groups is 1. The van der Waals surface area contributed by atoms with Crippen LogP contribution in [0.15, 0.2) is 29.3 Å². The van der Waals surface area contributed by atoms with Crippen molar-refractivity contribution >= 4 is 6.21 Å². The van der Waals surface area contributed by atoms with Gasteiger partial charge in [-0.25, -0.2) is 4.39 Å². The summed E-state index contributed by atoms with van der Waals surface area (Å²) in [5.74, 6) is -0.0419. The first-order valence-electron chi connectivity index (χ1n) is 5.03. The van der Waals surface area contributed by atoms with E-state index in [0.717, 1.165) is 0 Å². The molecule has 0 saturated carbocycles. The smallest absolute Gasteiger partial charge is 0.131 e. The summed E-state index contributed by atoms with van der Waals surface area (Å²) in [6.07, 6.45) is 1.48. The number of aliphatic hydroxyl groups is 1. The second-order valence-corrected chi connectivity index (χ2v) is 3.79.